The average molecular weight is 489 g/mol. The van der Waals surface area contributed by atoms with Gasteiger partial charge in [0.25, 0.3) is 0 Å². The van der Waals surface area contributed by atoms with E-state index in [0.29, 0.717) is 38.1 Å². The Labute approximate surface area is 205 Å². The van der Waals surface area contributed by atoms with Crippen molar-refractivity contribution in [1.29, 1.82) is 0 Å². The van der Waals surface area contributed by atoms with Gasteiger partial charge in [0.05, 0.1) is 5.39 Å². The SMILES string of the molecule is O=c1c(Oc2ccc(-c3ccccc3)cc2)coc2cc(OCc3c(Cl)cccc3Cl)ccc12. The molecule has 1 heterocycles. The van der Waals surface area contributed by atoms with Crippen LogP contribution in [0.3, 0.4) is 0 Å². The third-order valence-electron chi connectivity index (χ3n) is 5.35. The first-order valence-corrected chi connectivity index (χ1v) is 11.3. The summed E-state index contributed by atoms with van der Waals surface area (Å²) in [6.45, 7) is 0.189. The van der Waals surface area contributed by atoms with Crippen LogP contribution in [0.5, 0.6) is 17.2 Å². The highest BCUT2D eigenvalue weighted by Gasteiger charge is 2.12. The molecule has 0 N–H and O–H groups in total. The number of hydrogen-bond acceptors (Lipinski definition) is 4. The van der Waals surface area contributed by atoms with Crippen LogP contribution in [0.25, 0.3) is 22.1 Å². The van der Waals surface area contributed by atoms with Crippen molar-refractivity contribution in [2.75, 3.05) is 0 Å². The van der Waals surface area contributed by atoms with Crippen LogP contribution in [0.4, 0.5) is 0 Å². The van der Waals surface area contributed by atoms with Crippen LogP contribution in [0.1, 0.15) is 5.56 Å². The molecule has 0 aliphatic heterocycles. The monoisotopic (exact) mass is 488 g/mol. The molecular formula is C28H18Cl2O4. The second kappa shape index (κ2) is 9.64. The van der Waals surface area contributed by atoms with Crippen molar-refractivity contribution in [3.8, 4) is 28.4 Å². The van der Waals surface area contributed by atoms with Crippen molar-refractivity contribution in [3.05, 3.63) is 123 Å². The lowest BCUT2D eigenvalue weighted by Crippen LogP contribution is -2.05. The van der Waals surface area contributed by atoms with Gasteiger partial charge in [-0.3, -0.25) is 4.79 Å². The smallest absolute Gasteiger partial charge is 0.235 e. The van der Waals surface area contributed by atoms with Crippen LogP contribution in [-0.4, -0.2) is 0 Å². The van der Waals surface area contributed by atoms with Gasteiger partial charge in [0.15, 0.2) is 0 Å². The van der Waals surface area contributed by atoms with Crippen LogP contribution >= 0.6 is 23.2 Å². The Morgan fingerprint density at radius 3 is 2.15 bits per heavy atom. The van der Waals surface area contributed by atoms with Gasteiger partial charge < -0.3 is 13.9 Å². The van der Waals surface area contributed by atoms with E-state index in [1.54, 1.807) is 36.4 Å². The normalized spacial score (nSPS) is 10.9. The van der Waals surface area contributed by atoms with E-state index in [0.717, 1.165) is 11.1 Å². The van der Waals surface area contributed by atoms with Crippen LogP contribution in [0, 0.1) is 0 Å². The summed E-state index contributed by atoms with van der Waals surface area (Å²) in [6.07, 6.45) is 1.31. The molecule has 0 spiro atoms. The van der Waals surface area contributed by atoms with E-state index < -0.39 is 0 Å². The van der Waals surface area contributed by atoms with E-state index >= 15 is 0 Å². The molecular weight excluding hydrogens is 471 g/mol. The second-order valence-electron chi connectivity index (χ2n) is 7.57. The van der Waals surface area contributed by atoms with Gasteiger partial charge in [0, 0.05) is 21.7 Å². The zero-order valence-electron chi connectivity index (χ0n) is 17.8. The summed E-state index contributed by atoms with van der Waals surface area (Å²) < 4.78 is 17.3. The minimum absolute atomic E-state index is 0.108. The standard InChI is InChI=1S/C28H18Cl2O4/c29-24-7-4-8-25(30)23(24)16-32-21-13-14-22-26(15-21)33-17-27(28(22)31)34-20-11-9-19(10-12-20)18-5-2-1-3-6-18/h1-15,17H,16H2. The maximum Gasteiger partial charge on any atom is 0.235 e. The Balaban J connectivity index is 1.34. The fraction of sp³-hybridized carbons (Fsp3) is 0.0357. The van der Waals surface area contributed by atoms with E-state index in [1.807, 2.05) is 54.6 Å². The molecule has 0 saturated heterocycles. The van der Waals surface area contributed by atoms with Crippen molar-refractivity contribution in [1.82, 2.24) is 0 Å². The van der Waals surface area contributed by atoms with Crippen LogP contribution in [-0.2, 0) is 6.61 Å². The molecule has 4 aromatic carbocycles. The lowest BCUT2D eigenvalue weighted by atomic mass is 10.1. The maximum atomic E-state index is 12.9. The van der Waals surface area contributed by atoms with Crippen LogP contribution in [0.2, 0.25) is 10.0 Å². The summed E-state index contributed by atoms with van der Waals surface area (Å²) in [4.78, 5) is 12.9. The molecule has 0 unspecified atom stereocenters. The predicted octanol–water partition coefficient (Wildman–Crippen LogP) is 8.14. The lowest BCUT2D eigenvalue weighted by Gasteiger charge is -2.10. The first kappa shape index (κ1) is 22.1. The molecule has 5 rings (SSSR count). The molecule has 1 aromatic heterocycles. The summed E-state index contributed by atoms with van der Waals surface area (Å²) in [5, 5.41) is 1.44. The third kappa shape index (κ3) is 4.65. The number of rotatable bonds is 6. The van der Waals surface area contributed by atoms with E-state index in [1.165, 1.54) is 6.26 Å². The summed E-state index contributed by atoms with van der Waals surface area (Å²) >= 11 is 12.4. The highest BCUT2D eigenvalue weighted by molar-refractivity contribution is 6.35. The first-order valence-electron chi connectivity index (χ1n) is 10.5. The fourth-order valence-electron chi connectivity index (χ4n) is 3.55. The largest absolute Gasteiger partial charge is 0.489 e. The molecule has 4 nitrogen and oxygen atoms in total. The van der Waals surface area contributed by atoms with Crippen molar-refractivity contribution in [2.24, 2.45) is 0 Å². The van der Waals surface area contributed by atoms with Crippen molar-refractivity contribution in [3.63, 3.8) is 0 Å². The molecule has 168 valence electrons. The summed E-state index contributed by atoms with van der Waals surface area (Å²) in [5.74, 6) is 1.18. The van der Waals surface area contributed by atoms with Gasteiger partial charge in [-0.15, -0.1) is 0 Å². The Bertz CT molecular complexity index is 1490. The number of fused-ring (bicyclic) bond motifs is 1. The Kier molecular flexibility index (Phi) is 6.26. The molecule has 0 saturated carbocycles. The minimum atomic E-state index is -0.269. The van der Waals surface area contributed by atoms with E-state index in [-0.39, 0.29) is 17.8 Å². The summed E-state index contributed by atoms with van der Waals surface area (Å²) in [6, 6.07) is 27.8. The number of benzene rings is 4. The zero-order valence-corrected chi connectivity index (χ0v) is 19.3. The molecule has 0 aliphatic rings. The Morgan fingerprint density at radius 1 is 0.735 bits per heavy atom. The summed E-state index contributed by atoms with van der Waals surface area (Å²) in [7, 11) is 0. The van der Waals surface area contributed by atoms with Gasteiger partial charge in [-0.25, -0.2) is 0 Å². The van der Waals surface area contributed by atoms with Crippen molar-refractivity contribution in [2.45, 2.75) is 6.61 Å². The van der Waals surface area contributed by atoms with E-state index in [2.05, 4.69) is 0 Å². The van der Waals surface area contributed by atoms with Gasteiger partial charge in [-0.2, -0.15) is 0 Å². The molecule has 6 heteroatoms. The Hall–Kier alpha value is -3.73. The number of halogens is 2. The van der Waals surface area contributed by atoms with E-state index in [4.69, 9.17) is 37.1 Å². The molecule has 34 heavy (non-hydrogen) atoms. The number of ether oxygens (including phenoxy) is 2. The van der Waals surface area contributed by atoms with Crippen molar-refractivity contribution < 1.29 is 13.9 Å². The molecule has 5 aromatic rings. The van der Waals surface area contributed by atoms with Gasteiger partial charge in [-0.1, -0.05) is 71.7 Å². The van der Waals surface area contributed by atoms with Gasteiger partial charge in [0.1, 0.15) is 30.0 Å². The fourth-order valence-corrected chi connectivity index (χ4v) is 4.06. The molecule has 0 fully saturated rings. The van der Waals surface area contributed by atoms with E-state index in [9.17, 15) is 4.79 Å². The van der Waals surface area contributed by atoms with Gasteiger partial charge in [-0.05, 0) is 47.5 Å². The predicted molar refractivity (Wildman–Crippen MR) is 135 cm³/mol. The molecule has 0 atom stereocenters. The van der Waals surface area contributed by atoms with Gasteiger partial charge in [0.2, 0.25) is 11.2 Å². The lowest BCUT2D eigenvalue weighted by molar-refractivity contribution is 0.306. The van der Waals surface area contributed by atoms with Crippen LogP contribution < -0.4 is 14.9 Å². The molecule has 0 amide bonds. The van der Waals surface area contributed by atoms with Gasteiger partial charge >= 0.3 is 0 Å². The zero-order chi connectivity index (χ0) is 23.5. The average Bonchev–Trinajstić information content (AvgIpc) is 2.86. The Morgan fingerprint density at radius 2 is 1.41 bits per heavy atom. The quantitative estimate of drug-likeness (QED) is 0.242. The maximum absolute atomic E-state index is 12.9. The highest BCUT2D eigenvalue weighted by Crippen LogP contribution is 2.29. The third-order valence-corrected chi connectivity index (χ3v) is 6.06. The van der Waals surface area contributed by atoms with Crippen LogP contribution in [0.15, 0.2) is 106 Å². The highest BCUT2D eigenvalue weighted by atomic mass is 35.5. The molecule has 0 radical (unpaired) electrons. The topological polar surface area (TPSA) is 48.7 Å². The molecule has 0 bridgehead atoms. The summed E-state index contributed by atoms with van der Waals surface area (Å²) in [5.41, 5.74) is 2.97. The second-order valence-corrected chi connectivity index (χ2v) is 8.38. The first-order chi connectivity index (χ1) is 16.6. The minimum Gasteiger partial charge on any atom is -0.489 e. The molecule has 0 aliphatic carbocycles. The van der Waals surface area contributed by atoms with Crippen molar-refractivity contribution >= 4 is 34.2 Å². The number of hydrogen-bond donors (Lipinski definition) is 0.